The molecular formula is C13H15BrN2. The first-order valence-electron chi connectivity index (χ1n) is 5.31. The molecular weight excluding hydrogens is 264 g/mol. The quantitative estimate of drug-likeness (QED) is 0.766. The van der Waals surface area contributed by atoms with Crippen LogP contribution in [0.15, 0.2) is 24.3 Å². The predicted molar refractivity (Wildman–Crippen MR) is 70.4 cm³/mol. The van der Waals surface area contributed by atoms with Gasteiger partial charge in [-0.2, -0.15) is 5.10 Å². The van der Waals surface area contributed by atoms with Gasteiger partial charge in [-0.25, -0.2) is 4.68 Å². The van der Waals surface area contributed by atoms with Gasteiger partial charge < -0.3 is 0 Å². The molecule has 0 saturated carbocycles. The Morgan fingerprint density at radius 3 is 2.44 bits per heavy atom. The Labute approximate surface area is 104 Å². The van der Waals surface area contributed by atoms with Crippen molar-refractivity contribution in [3.05, 3.63) is 46.8 Å². The standard InChI is InChI=1S/C13H15BrN2/c1-9-6-12(8-14)4-5-13(9)16-11(3)7-10(2)15-16/h4-7H,8H2,1-3H3. The molecule has 0 fully saturated rings. The monoisotopic (exact) mass is 278 g/mol. The highest BCUT2D eigenvalue weighted by Gasteiger charge is 2.06. The highest BCUT2D eigenvalue weighted by atomic mass is 79.9. The maximum absolute atomic E-state index is 4.50. The van der Waals surface area contributed by atoms with E-state index in [-0.39, 0.29) is 0 Å². The van der Waals surface area contributed by atoms with Crippen molar-refractivity contribution in [2.45, 2.75) is 26.1 Å². The van der Waals surface area contributed by atoms with Crippen molar-refractivity contribution in [1.82, 2.24) is 9.78 Å². The fourth-order valence-electron chi connectivity index (χ4n) is 1.91. The number of hydrogen-bond donors (Lipinski definition) is 0. The number of nitrogens with zero attached hydrogens (tertiary/aromatic N) is 2. The van der Waals surface area contributed by atoms with Crippen LogP contribution in [-0.2, 0) is 5.33 Å². The first kappa shape index (κ1) is 11.4. The Kier molecular flexibility index (Phi) is 3.15. The predicted octanol–water partition coefficient (Wildman–Crippen LogP) is 3.69. The normalized spacial score (nSPS) is 10.8. The smallest absolute Gasteiger partial charge is 0.0678 e. The van der Waals surface area contributed by atoms with Crippen LogP contribution in [-0.4, -0.2) is 9.78 Å². The van der Waals surface area contributed by atoms with Crippen LogP contribution in [0, 0.1) is 20.8 Å². The molecule has 0 radical (unpaired) electrons. The third-order valence-corrected chi connectivity index (χ3v) is 3.30. The van der Waals surface area contributed by atoms with Crippen LogP contribution in [0.3, 0.4) is 0 Å². The fourth-order valence-corrected chi connectivity index (χ4v) is 2.26. The van der Waals surface area contributed by atoms with Gasteiger partial charge in [-0.05, 0) is 44.0 Å². The minimum atomic E-state index is 0.894. The van der Waals surface area contributed by atoms with Crippen molar-refractivity contribution in [2.24, 2.45) is 0 Å². The topological polar surface area (TPSA) is 17.8 Å². The SMILES string of the molecule is Cc1cc(C)n(-c2ccc(CBr)cc2C)n1. The number of rotatable bonds is 2. The number of hydrogen-bond acceptors (Lipinski definition) is 1. The lowest BCUT2D eigenvalue weighted by Crippen LogP contribution is -2.01. The van der Waals surface area contributed by atoms with Gasteiger partial charge in [0.1, 0.15) is 0 Å². The number of benzene rings is 1. The third kappa shape index (κ3) is 2.05. The van der Waals surface area contributed by atoms with E-state index in [1.807, 2.05) is 11.6 Å². The molecule has 2 nitrogen and oxygen atoms in total. The fraction of sp³-hybridized carbons (Fsp3) is 0.308. The number of alkyl halides is 1. The van der Waals surface area contributed by atoms with Crippen LogP contribution in [0.2, 0.25) is 0 Å². The van der Waals surface area contributed by atoms with Crippen molar-refractivity contribution in [1.29, 1.82) is 0 Å². The second kappa shape index (κ2) is 4.42. The summed E-state index contributed by atoms with van der Waals surface area (Å²) in [6.45, 7) is 6.22. The maximum atomic E-state index is 4.50. The second-order valence-electron chi connectivity index (χ2n) is 4.09. The molecule has 1 heterocycles. The summed E-state index contributed by atoms with van der Waals surface area (Å²) in [4.78, 5) is 0. The lowest BCUT2D eigenvalue weighted by molar-refractivity contribution is 0.827. The molecule has 0 spiro atoms. The van der Waals surface area contributed by atoms with Gasteiger partial charge >= 0.3 is 0 Å². The van der Waals surface area contributed by atoms with E-state index in [9.17, 15) is 0 Å². The molecule has 0 amide bonds. The molecule has 0 saturated heterocycles. The van der Waals surface area contributed by atoms with Gasteiger partial charge in [0.2, 0.25) is 0 Å². The largest absolute Gasteiger partial charge is 0.238 e. The molecule has 84 valence electrons. The van der Waals surface area contributed by atoms with Crippen molar-refractivity contribution in [3.63, 3.8) is 0 Å². The summed E-state index contributed by atoms with van der Waals surface area (Å²) in [6, 6.07) is 8.55. The Hall–Kier alpha value is -1.09. The third-order valence-electron chi connectivity index (χ3n) is 2.65. The van der Waals surface area contributed by atoms with Crippen LogP contribution in [0.5, 0.6) is 0 Å². The molecule has 3 heteroatoms. The number of aromatic nitrogens is 2. The molecule has 1 aromatic heterocycles. The molecule has 1 aromatic carbocycles. The average molecular weight is 279 g/mol. The van der Waals surface area contributed by atoms with Crippen molar-refractivity contribution < 1.29 is 0 Å². The summed E-state index contributed by atoms with van der Waals surface area (Å²) >= 11 is 3.47. The zero-order chi connectivity index (χ0) is 11.7. The Morgan fingerprint density at radius 1 is 1.19 bits per heavy atom. The van der Waals surface area contributed by atoms with Gasteiger partial charge in [0.15, 0.2) is 0 Å². The molecule has 0 aliphatic heterocycles. The summed E-state index contributed by atoms with van der Waals surface area (Å²) < 4.78 is 2.00. The van der Waals surface area contributed by atoms with Gasteiger partial charge in [-0.3, -0.25) is 0 Å². The number of halogens is 1. The van der Waals surface area contributed by atoms with E-state index in [0.29, 0.717) is 0 Å². The molecule has 0 aliphatic rings. The Balaban J connectivity index is 2.52. The molecule has 0 N–H and O–H groups in total. The van der Waals surface area contributed by atoms with E-state index >= 15 is 0 Å². The van der Waals surface area contributed by atoms with Gasteiger partial charge in [0.05, 0.1) is 11.4 Å². The zero-order valence-electron chi connectivity index (χ0n) is 9.79. The van der Waals surface area contributed by atoms with E-state index in [1.54, 1.807) is 0 Å². The average Bonchev–Trinajstić information content (AvgIpc) is 2.57. The maximum Gasteiger partial charge on any atom is 0.0678 e. The number of aryl methyl sites for hydroxylation is 3. The lowest BCUT2D eigenvalue weighted by atomic mass is 10.1. The van der Waals surface area contributed by atoms with E-state index in [4.69, 9.17) is 0 Å². The molecule has 0 aliphatic carbocycles. The highest BCUT2D eigenvalue weighted by molar-refractivity contribution is 9.08. The van der Waals surface area contributed by atoms with Gasteiger partial charge in [-0.1, -0.05) is 28.1 Å². The minimum Gasteiger partial charge on any atom is -0.238 e. The van der Waals surface area contributed by atoms with Gasteiger partial charge in [0, 0.05) is 11.0 Å². The van der Waals surface area contributed by atoms with Crippen LogP contribution in [0.25, 0.3) is 5.69 Å². The summed E-state index contributed by atoms with van der Waals surface area (Å²) in [5.74, 6) is 0. The summed E-state index contributed by atoms with van der Waals surface area (Å²) in [6.07, 6.45) is 0. The Morgan fingerprint density at radius 2 is 1.94 bits per heavy atom. The summed E-state index contributed by atoms with van der Waals surface area (Å²) in [7, 11) is 0. The first-order chi connectivity index (χ1) is 7.61. The van der Waals surface area contributed by atoms with Crippen LogP contribution in [0.1, 0.15) is 22.5 Å². The Bertz CT molecular complexity index is 515. The van der Waals surface area contributed by atoms with E-state index in [1.165, 1.54) is 16.8 Å². The molecule has 0 unspecified atom stereocenters. The van der Waals surface area contributed by atoms with E-state index < -0.39 is 0 Å². The second-order valence-corrected chi connectivity index (χ2v) is 4.65. The van der Waals surface area contributed by atoms with Crippen molar-refractivity contribution in [3.8, 4) is 5.69 Å². The van der Waals surface area contributed by atoms with Crippen LogP contribution >= 0.6 is 15.9 Å². The first-order valence-corrected chi connectivity index (χ1v) is 6.43. The molecule has 0 atom stereocenters. The van der Waals surface area contributed by atoms with Crippen LogP contribution < -0.4 is 0 Å². The van der Waals surface area contributed by atoms with Gasteiger partial charge in [-0.15, -0.1) is 0 Å². The van der Waals surface area contributed by atoms with E-state index in [0.717, 1.165) is 16.7 Å². The molecule has 16 heavy (non-hydrogen) atoms. The van der Waals surface area contributed by atoms with E-state index in [2.05, 4.69) is 59.1 Å². The highest BCUT2D eigenvalue weighted by Crippen LogP contribution is 2.19. The lowest BCUT2D eigenvalue weighted by Gasteiger charge is -2.09. The zero-order valence-corrected chi connectivity index (χ0v) is 11.4. The van der Waals surface area contributed by atoms with Crippen molar-refractivity contribution >= 4 is 15.9 Å². The summed E-state index contributed by atoms with van der Waals surface area (Å²) in [5.41, 5.74) is 5.94. The van der Waals surface area contributed by atoms with Crippen molar-refractivity contribution in [2.75, 3.05) is 0 Å². The van der Waals surface area contributed by atoms with Crippen LogP contribution in [0.4, 0.5) is 0 Å². The molecule has 0 bridgehead atoms. The molecule has 2 rings (SSSR count). The summed E-state index contributed by atoms with van der Waals surface area (Å²) in [5, 5.41) is 5.40. The minimum absolute atomic E-state index is 0.894. The molecule has 2 aromatic rings. The van der Waals surface area contributed by atoms with Gasteiger partial charge in [0.25, 0.3) is 0 Å².